The Morgan fingerprint density at radius 1 is 1.00 bits per heavy atom. The van der Waals surface area contributed by atoms with Crippen LogP contribution in [0.15, 0.2) is 11.6 Å². The third-order valence-corrected chi connectivity index (χ3v) is 10.7. The molecule has 5 saturated carbocycles. The average Bonchev–Trinajstić information content (AvgIpc) is 3.12. The maximum absolute atomic E-state index is 6.00. The van der Waals surface area contributed by atoms with Crippen molar-refractivity contribution in [1.29, 1.82) is 0 Å². The van der Waals surface area contributed by atoms with Gasteiger partial charge in [0.05, 0.1) is 6.10 Å². The van der Waals surface area contributed by atoms with Gasteiger partial charge in [0, 0.05) is 7.11 Å². The van der Waals surface area contributed by atoms with E-state index in [0.717, 1.165) is 29.6 Å². The second-order valence-corrected chi connectivity index (χ2v) is 11.2. The zero-order chi connectivity index (χ0) is 19.4. The topological polar surface area (TPSA) is 18.5 Å². The lowest BCUT2D eigenvalue weighted by atomic mass is 9.43. The fraction of sp³-hybridized carbons (Fsp3) is 0.923. The maximum atomic E-state index is 6.00. The summed E-state index contributed by atoms with van der Waals surface area (Å²) in [6.07, 6.45) is 20.3. The Bertz CT molecular complexity index is 612. The van der Waals surface area contributed by atoms with Crippen molar-refractivity contribution in [1.82, 2.24) is 0 Å². The van der Waals surface area contributed by atoms with E-state index in [0.29, 0.717) is 23.7 Å². The van der Waals surface area contributed by atoms with Crippen molar-refractivity contribution in [3.63, 3.8) is 0 Å². The molecule has 2 nitrogen and oxygen atoms in total. The van der Waals surface area contributed by atoms with E-state index >= 15 is 0 Å². The van der Waals surface area contributed by atoms with Crippen LogP contribution in [0.5, 0.6) is 0 Å². The van der Waals surface area contributed by atoms with Crippen molar-refractivity contribution in [3.8, 4) is 0 Å². The van der Waals surface area contributed by atoms with Gasteiger partial charge in [0.2, 0.25) is 0 Å². The van der Waals surface area contributed by atoms with Crippen molar-refractivity contribution < 1.29 is 9.47 Å². The van der Waals surface area contributed by atoms with Crippen molar-refractivity contribution in [2.45, 2.75) is 97.0 Å². The van der Waals surface area contributed by atoms with E-state index in [1.807, 2.05) is 5.57 Å². The minimum absolute atomic E-state index is 0.441. The summed E-state index contributed by atoms with van der Waals surface area (Å²) in [5.41, 5.74) is 3.11. The number of methoxy groups -OCH3 is 1. The van der Waals surface area contributed by atoms with Gasteiger partial charge in [-0.15, -0.1) is 0 Å². The van der Waals surface area contributed by atoms with E-state index in [2.05, 4.69) is 19.9 Å². The van der Waals surface area contributed by atoms with Gasteiger partial charge in [-0.3, -0.25) is 0 Å². The van der Waals surface area contributed by atoms with Crippen LogP contribution >= 0.6 is 0 Å². The molecule has 5 fully saturated rings. The lowest BCUT2D eigenvalue weighted by Crippen LogP contribution is -2.55. The number of rotatable bonds is 3. The van der Waals surface area contributed by atoms with Crippen LogP contribution in [0.2, 0.25) is 0 Å². The van der Waals surface area contributed by atoms with E-state index in [-0.39, 0.29) is 0 Å². The molecule has 0 aromatic heterocycles. The Labute approximate surface area is 172 Å². The molecular weight excluding hydrogens is 344 g/mol. The summed E-state index contributed by atoms with van der Waals surface area (Å²) in [5, 5.41) is 0. The zero-order valence-corrected chi connectivity index (χ0v) is 18.6. The number of allylic oxidation sites excluding steroid dienone is 2. The Morgan fingerprint density at radius 3 is 2.71 bits per heavy atom. The van der Waals surface area contributed by atoms with Gasteiger partial charge >= 0.3 is 0 Å². The Kier molecular flexibility index (Phi) is 5.19. The Balaban J connectivity index is 1.36. The summed E-state index contributed by atoms with van der Waals surface area (Å²) in [5.74, 6) is 4.87. The highest BCUT2D eigenvalue weighted by atomic mass is 16.7. The summed E-state index contributed by atoms with van der Waals surface area (Å²) >= 11 is 0. The minimum Gasteiger partial charge on any atom is -0.359 e. The molecule has 0 N–H and O–H groups in total. The summed E-state index contributed by atoms with van der Waals surface area (Å²) in [7, 11) is 1.75. The Hall–Kier alpha value is -0.340. The molecular formula is C26H42O2. The highest BCUT2D eigenvalue weighted by molar-refractivity contribution is 5.21. The van der Waals surface area contributed by atoms with Gasteiger partial charge in [0.1, 0.15) is 6.79 Å². The quantitative estimate of drug-likeness (QED) is 0.395. The molecule has 5 aliphatic rings. The Morgan fingerprint density at radius 2 is 1.89 bits per heavy atom. The van der Waals surface area contributed by atoms with E-state index in [9.17, 15) is 0 Å². The third kappa shape index (κ3) is 2.80. The predicted octanol–water partition coefficient (Wildman–Crippen LogP) is 6.74. The molecule has 0 aromatic carbocycles. The highest BCUT2D eigenvalue weighted by Gasteiger charge is 2.62. The van der Waals surface area contributed by atoms with Crippen molar-refractivity contribution in [3.05, 3.63) is 11.6 Å². The number of hydrogen-bond donors (Lipinski definition) is 0. The molecule has 0 aromatic rings. The smallest absolute Gasteiger partial charge is 0.146 e. The first kappa shape index (κ1) is 19.6. The molecule has 28 heavy (non-hydrogen) atoms. The van der Waals surface area contributed by atoms with E-state index in [1.165, 1.54) is 77.0 Å². The van der Waals surface area contributed by atoms with Crippen LogP contribution in [0, 0.1) is 40.4 Å². The molecule has 0 bridgehead atoms. The highest BCUT2D eigenvalue weighted by Crippen LogP contribution is 2.70. The van der Waals surface area contributed by atoms with Crippen LogP contribution in [0.1, 0.15) is 90.9 Å². The monoisotopic (exact) mass is 386 g/mol. The summed E-state index contributed by atoms with van der Waals surface area (Å²) in [6.45, 7) is 5.47. The summed E-state index contributed by atoms with van der Waals surface area (Å²) in [6, 6.07) is 0. The predicted molar refractivity (Wildman–Crippen MR) is 114 cm³/mol. The zero-order valence-electron chi connectivity index (χ0n) is 18.6. The first-order valence-electron chi connectivity index (χ1n) is 12.4. The number of ether oxygens (including phenoxy) is 2. The molecule has 0 amide bonds. The SMILES string of the molecule is C/C=C1\CCCC23CC[C@H]4[C@@H](CC[C@H]5C[C@H](OCOC)CC[C@@]54C)[C@@H]2CC[C@H]13. The standard InChI is InChI=1S/C26H42O2/c1-4-18-6-5-13-26-15-12-23-21(24(26)10-9-22(18)26)8-7-19-16-20(28-17-27-3)11-14-25(19,23)2/h4,19-24H,5-17H2,1-3H3/b18-4+/t19-,20+,21+,22+,23-,24-,25-,26?/m0/s1. The van der Waals surface area contributed by atoms with Crippen LogP contribution in [0.4, 0.5) is 0 Å². The van der Waals surface area contributed by atoms with Crippen molar-refractivity contribution in [2.75, 3.05) is 13.9 Å². The van der Waals surface area contributed by atoms with Crippen molar-refractivity contribution >= 4 is 0 Å². The van der Waals surface area contributed by atoms with Gasteiger partial charge in [-0.05, 0) is 124 Å². The van der Waals surface area contributed by atoms with Crippen LogP contribution in [0.3, 0.4) is 0 Å². The molecule has 1 unspecified atom stereocenters. The van der Waals surface area contributed by atoms with Gasteiger partial charge in [-0.1, -0.05) is 18.6 Å². The summed E-state index contributed by atoms with van der Waals surface area (Å²) < 4.78 is 11.2. The van der Waals surface area contributed by atoms with Gasteiger partial charge < -0.3 is 9.47 Å². The molecule has 0 saturated heterocycles. The maximum Gasteiger partial charge on any atom is 0.146 e. The largest absolute Gasteiger partial charge is 0.359 e. The molecule has 8 atom stereocenters. The van der Waals surface area contributed by atoms with Gasteiger partial charge in [0.25, 0.3) is 0 Å². The lowest BCUT2D eigenvalue weighted by Gasteiger charge is -2.62. The average molecular weight is 387 g/mol. The number of hydrogen-bond acceptors (Lipinski definition) is 2. The molecule has 5 aliphatic carbocycles. The normalized spacial score (nSPS) is 51.9. The fourth-order valence-electron chi connectivity index (χ4n) is 9.53. The molecule has 1 spiro atoms. The van der Waals surface area contributed by atoms with E-state index in [1.54, 1.807) is 7.11 Å². The molecule has 0 radical (unpaired) electrons. The van der Waals surface area contributed by atoms with Gasteiger partial charge in [0.15, 0.2) is 0 Å². The molecule has 5 rings (SSSR count). The first-order chi connectivity index (χ1) is 13.6. The van der Waals surface area contributed by atoms with Crippen molar-refractivity contribution in [2.24, 2.45) is 40.4 Å². The van der Waals surface area contributed by atoms with Crippen LogP contribution < -0.4 is 0 Å². The van der Waals surface area contributed by atoms with Gasteiger partial charge in [-0.25, -0.2) is 0 Å². The van der Waals surface area contributed by atoms with E-state index in [4.69, 9.17) is 9.47 Å². The second kappa shape index (κ2) is 7.41. The van der Waals surface area contributed by atoms with Crippen LogP contribution in [0.25, 0.3) is 0 Å². The van der Waals surface area contributed by atoms with Crippen LogP contribution in [-0.4, -0.2) is 20.0 Å². The molecule has 0 heterocycles. The molecule has 0 aliphatic heterocycles. The molecule has 2 heteroatoms. The second-order valence-electron chi connectivity index (χ2n) is 11.2. The fourth-order valence-corrected chi connectivity index (χ4v) is 9.53. The van der Waals surface area contributed by atoms with Crippen LogP contribution in [-0.2, 0) is 9.47 Å². The first-order valence-corrected chi connectivity index (χ1v) is 12.4. The van der Waals surface area contributed by atoms with Gasteiger partial charge in [-0.2, -0.15) is 0 Å². The summed E-state index contributed by atoms with van der Waals surface area (Å²) in [4.78, 5) is 0. The minimum atomic E-state index is 0.441. The van der Waals surface area contributed by atoms with E-state index < -0.39 is 0 Å². The lowest BCUT2D eigenvalue weighted by molar-refractivity contribution is -0.155. The third-order valence-electron chi connectivity index (χ3n) is 10.7. The number of fused-ring (bicyclic) bond motifs is 4. The molecule has 158 valence electrons.